The molecule has 1 aromatic rings. The standard InChI is InChI=1S/C19H28N2O/c1-21(12-6-5-9-14-7-3-2-4-8-14)19(22)17-15-10-11-16(13-15)18(17)20/h2-4,7-8,15-18H,5-6,9-13,20H2,1H3. The van der Waals surface area contributed by atoms with Gasteiger partial charge in [-0.3, -0.25) is 4.79 Å². The number of hydrogen-bond donors (Lipinski definition) is 1. The highest BCUT2D eigenvalue weighted by atomic mass is 16.2. The molecule has 0 saturated heterocycles. The van der Waals surface area contributed by atoms with Gasteiger partial charge in [-0.2, -0.15) is 0 Å². The van der Waals surface area contributed by atoms with E-state index in [0.717, 1.165) is 25.8 Å². The summed E-state index contributed by atoms with van der Waals surface area (Å²) in [7, 11) is 1.95. The fourth-order valence-electron chi connectivity index (χ4n) is 4.39. The zero-order valence-electron chi connectivity index (χ0n) is 13.6. The molecule has 0 aliphatic heterocycles. The molecule has 2 N–H and O–H groups in total. The van der Waals surface area contributed by atoms with Crippen molar-refractivity contribution in [2.24, 2.45) is 23.5 Å². The van der Waals surface area contributed by atoms with Gasteiger partial charge in [0.15, 0.2) is 0 Å². The van der Waals surface area contributed by atoms with Gasteiger partial charge in [0.05, 0.1) is 5.92 Å². The fraction of sp³-hybridized carbons (Fsp3) is 0.632. The zero-order chi connectivity index (χ0) is 15.5. The molecule has 2 fully saturated rings. The Morgan fingerprint density at radius 2 is 1.91 bits per heavy atom. The van der Waals surface area contributed by atoms with E-state index in [9.17, 15) is 4.79 Å². The first-order valence-electron chi connectivity index (χ1n) is 8.71. The molecule has 0 aromatic heterocycles. The Morgan fingerprint density at radius 3 is 2.59 bits per heavy atom. The van der Waals surface area contributed by atoms with Gasteiger partial charge in [0, 0.05) is 19.6 Å². The van der Waals surface area contributed by atoms with Gasteiger partial charge in [-0.25, -0.2) is 0 Å². The second-order valence-electron chi connectivity index (χ2n) is 7.14. The third-order valence-corrected chi connectivity index (χ3v) is 5.69. The number of nitrogens with two attached hydrogens (primary N) is 1. The number of rotatable bonds is 6. The summed E-state index contributed by atoms with van der Waals surface area (Å²) in [6.07, 6.45) is 6.90. The van der Waals surface area contributed by atoms with Crippen LogP contribution >= 0.6 is 0 Å². The molecule has 120 valence electrons. The first-order chi connectivity index (χ1) is 10.7. The molecule has 1 aromatic carbocycles. The van der Waals surface area contributed by atoms with Crippen LogP contribution < -0.4 is 5.73 Å². The predicted octanol–water partition coefficient (Wildman–Crippen LogP) is 2.84. The van der Waals surface area contributed by atoms with Crippen LogP contribution in [0.25, 0.3) is 0 Å². The lowest BCUT2D eigenvalue weighted by molar-refractivity contribution is -0.136. The predicted molar refractivity (Wildman–Crippen MR) is 89.3 cm³/mol. The van der Waals surface area contributed by atoms with E-state index in [1.807, 2.05) is 11.9 Å². The van der Waals surface area contributed by atoms with Crippen molar-refractivity contribution in [3.8, 4) is 0 Å². The molecule has 3 nitrogen and oxygen atoms in total. The molecule has 2 bridgehead atoms. The van der Waals surface area contributed by atoms with Crippen LogP contribution in [0.1, 0.15) is 37.7 Å². The molecule has 3 heteroatoms. The van der Waals surface area contributed by atoms with E-state index >= 15 is 0 Å². The van der Waals surface area contributed by atoms with Crippen LogP contribution in [0.5, 0.6) is 0 Å². The highest BCUT2D eigenvalue weighted by Gasteiger charge is 2.49. The summed E-state index contributed by atoms with van der Waals surface area (Å²) in [5, 5.41) is 0. The fourth-order valence-corrected chi connectivity index (χ4v) is 4.39. The largest absolute Gasteiger partial charge is 0.345 e. The van der Waals surface area contributed by atoms with Crippen molar-refractivity contribution in [2.75, 3.05) is 13.6 Å². The molecule has 4 unspecified atom stereocenters. The Bertz CT molecular complexity index is 499. The maximum atomic E-state index is 12.7. The van der Waals surface area contributed by atoms with E-state index in [1.54, 1.807) is 0 Å². The molecular weight excluding hydrogens is 272 g/mol. The maximum absolute atomic E-state index is 12.7. The SMILES string of the molecule is CN(CCCCc1ccccc1)C(=O)C1C2CCC(C2)C1N. The molecule has 22 heavy (non-hydrogen) atoms. The minimum Gasteiger partial charge on any atom is -0.345 e. The molecule has 2 aliphatic rings. The van der Waals surface area contributed by atoms with Crippen molar-refractivity contribution in [1.29, 1.82) is 0 Å². The topological polar surface area (TPSA) is 46.3 Å². The Balaban J connectivity index is 1.42. The van der Waals surface area contributed by atoms with Crippen LogP contribution in [-0.4, -0.2) is 30.4 Å². The van der Waals surface area contributed by atoms with Crippen molar-refractivity contribution in [2.45, 2.75) is 44.6 Å². The minimum absolute atomic E-state index is 0.0953. The highest BCUT2D eigenvalue weighted by molar-refractivity contribution is 5.80. The summed E-state index contributed by atoms with van der Waals surface area (Å²) in [6.45, 7) is 0.853. The Hall–Kier alpha value is -1.35. The molecular formula is C19H28N2O. The number of unbranched alkanes of at least 4 members (excludes halogenated alkanes) is 1. The van der Waals surface area contributed by atoms with Crippen LogP contribution in [-0.2, 0) is 11.2 Å². The van der Waals surface area contributed by atoms with Crippen LogP contribution in [0.2, 0.25) is 0 Å². The van der Waals surface area contributed by atoms with E-state index in [1.165, 1.54) is 24.8 Å². The van der Waals surface area contributed by atoms with Gasteiger partial charge in [-0.15, -0.1) is 0 Å². The van der Waals surface area contributed by atoms with Crippen LogP contribution in [0.4, 0.5) is 0 Å². The van der Waals surface area contributed by atoms with Gasteiger partial charge < -0.3 is 10.6 Å². The van der Waals surface area contributed by atoms with E-state index in [4.69, 9.17) is 5.73 Å². The summed E-state index contributed by atoms with van der Waals surface area (Å²) in [5.74, 6) is 1.54. The number of carbonyl (C=O) groups is 1. The summed E-state index contributed by atoms with van der Waals surface area (Å²) in [5.41, 5.74) is 7.67. The van der Waals surface area contributed by atoms with E-state index in [0.29, 0.717) is 17.7 Å². The Morgan fingerprint density at radius 1 is 1.18 bits per heavy atom. The quantitative estimate of drug-likeness (QED) is 0.821. The molecule has 4 atom stereocenters. The molecule has 3 rings (SSSR count). The van der Waals surface area contributed by atoms with E-state index in [-0.39, 0.29) is 12.0 Å². The Kier molecular flexibility index (Phi) is 4.82. The van der Waals surface area contributed by atoms with E-state index < -0.39 is 0 Å². The van der Waals surface area contributed by atoms with Crippen molar-refractivity contribution >= 4 is 5.91 Å². The van der Waals surface area contributed by atoms with Gasteiger partial charge in [-0.05, 0) is 55.9 Å². The first-order valence-corrected chi connectivity index (χ1v) is 8.71. The van der Waals surface area contributed by atoms with Crippen molar-refractivity contribution in [1.82, 2.24) is 4.90 Å². The van der Waals surface area contributed by atoms with Gasteiger partial charge in [0.25, 0.3) is 0 Å². The van der Waals surface area contributed by atoms with Crippen LogP contribution in [0, 0.1) is 17.8 Å². The summed E-state index contributed by atoms with van der Waals surface area (Å²) < 4.78 is 0. The maximum Gasteiger partial charge on any atom is 0.227 e. The smallest absolute Gasteiger partial charge is 0.227 e. The lowest BCUT2D eigenvalue weighted by Gasteiger charge is -2.30. The van der Waals surface area contributed by atoms with Crippen molar-refractivity contribution < 1.29 is 4.79 Å². The Labute approximate surface area is 133 Å². The lowest BCUT2D eigenvalue weighted by Crippen LogP contribution is -2.46. The number of hydrogen-bond acceptors (Lipinski definition) is 2. The molecule has 0 radical (unpaired) electrons. The van der Waals surface area contributed by atoms with Crippen molar-refractivity contribution in [3.63, 3.8) is 0 Å². The average Bonchev–Trinajstić information content (AvgIpc) is 3.13. The third-order valence-electron chi connectivity index (χ3n) is 5.69. The second-order valence-corrected chi connectivity index (χ2v) is 7.14. The minimum atomic E-state index is 0.0953. The highest BCUT2D eigenvalue weighted by Crippen LogP contribution is 2.48. The number of aryl methyl sites for hydroxylation is 1. The first kappa shape index (κ1) is 15.5. The second kappa shape index (κ2) is 6.82. The van der Waals surface area contributed by atoms with Crippen LogP contribution in [0.3, 0.4) is 0 Å². The average molecular weight is 300 g/mol. The molecule has 2 saturated carbocycles. The normalized spacial score (nSPS) is 29.7. The molecule has 0 heterocycles. The van der Waals surface area contributed by atoms with Crippen LogP contribution in [0.15, 0.2) is 30.3 Å². The molecule has 0 spiro atoms. The molecule has 2 aliphatic carbocycles. The number of carbonyl (C=O) groups excluding carboxylic acids is 1. The molecule has 1 amide bonds. The van der Waals surface area contributed by atoms with Gasteiger partial charge in [-0.1, -0.05) is 30.3 Å². The van der Waals surface area contributed by atoms with Gasteiger partial charge in [0.2, 0.25) is 5.91 Å². The van der Waals surface area contributed by atoms with Gasteiger partial charge >= 0.3 is 0 Å². The summed E-state index contributed by atoms with van der Waals surface area (Å²) in [6, 6.07) is 10.7. The van der Waals surface area contributed by atoms with Gasteiger partial charge in [0.1, 0.15) is 0 Å². The number of amides is 1. The summed E-state index contributed by atoms with van der Waals surface area (Å²) in [4.78, 5) is 14.6. The van der Waals surface area contributed by atoms with Crippen molar-refractivity contribution in [3.05, 3.63) is 35.9 Å². The number of nitrogens with zero attached hydrogens (tertiary/aromatic N) is 1. The monoisotopic (exact) mass is 300 g/mol. The van der Waals surface area contributed by atoms with E-state index in [2.05, 4.69) is 30.3 Å². The number of fused-ring (bicyclic) bond motifs is 2. The summed E-state index contributed by atoms with van der Waals surface area (Å²) >= 11 is 0. The third kappa shape index (κ3) is 3.19. The lowest BCUT2D eigenvalue weighted by atomic mass is 9.84. The number of benzene rings is 1. The zero-order valence-corrected chi connectivity index (χ0v) is 13.6.